The summed E-state index contributed by atoms with van der Waals surface area (Å²) in [6.45, 7) is 3.66. The van der Waals surface area contributed by atoms with E-state index in [0.717, 1.165) is 10.3 Å². The van der Waals surface area contributed by atoms with Crippen molar-refractivity contribution >= 4 is 17.4 Å². The van der Waals surface area contributed by atoms with E-state index in [0.29, 0.717) is 48.8 Å². The molecule has 0 atom stereocenters. The summed E-state index contributed by atoms with van der Waals surface area (Å²) in [5.74, 6) is 0.746. The van der Waals surface area contributed by atoms with Gasteiger partial charge in [-0.2, -0.15) is 0 Å². The van der Waals surface area contributed by atoms with Gasteiger partial charge in [-0.15, -0.1) is 0 Å². The maximum atomic E-state index is 13.2. The number of anilines is 1. The fourth-order valence-electron chi connectivity index (χ4n) is 4.27. The van der Waals surface area contributed by atoms with Gasteiger partial charge in [0, 0.05) is 43.6 Å². The molecule has 5 rings (SSSR count). The summed E-state index contributed by atoms with van der Waals surface area (Å²) in [4.78, 5) is 56.4. The molecule has 0 bridgehead atoms. The molecule has 1 saturated heterocycles. The first kappa shape index (κ1) is 22.5. The van der Waals surface area contributed by atoms with Crippen LogP contribution in [0.3, 0.4) is 0 Å². The second kappa shape index (κ2) is 9.13. The molecule has 0 saturated carbocycles. The number of nitrogens with zero attached hydrogens (tertiary/aromatic N) is 3. The van der Waals surface area contributed by atoms with Gasteiger partial charge in [-0.3, -0.25) is 19.0 Å². The van der Waals surface area contributed by atoms with Gasteiger partial charge in [-0.05, 0) is 48.9 Å². The molecule has 10 nitrogen and oxygen atoms in total. The number of aromatic nitrogens is 2. The molecule has 3 heterocycles. The average Bonchev–Trinajstić information content (AvgIpc) is 3.34. The van der Waals surface area contributed by atoms with E-state index in [1.165, 1.54) is 13.1 Å². The summed E-state index contributed by atoms with van der Waals surface area (Å²) in [5, 5.41) is 0. The Kier molecular flexibility index (Phi) is 5.86. The number of ether oxygens (including phenoxy) is 2. The van der Waals surface area contributed by atoms with Crippen LogP contribution in [0.1, 0.15) is 33.2 Å². The number of amides is 1. The van der Waals surface area contributed by atoms with Crippen molar-refractivity contribution in [2.75, 3.05) is 37.9 Å². The zero-order valence-electron chi connectivity index (χ0n) is 19.2. The van der Waals surface area contributed by atoms with Crippen molar-refractivity contribution in [1.29, 1.82) is 0 Å². The number of piperazine rings is 1. The molecule has 3 aromatic rings. The summed E-state index contributed by atoms with van der Waals surface area (Å²) in [6.07, 6.45) is 1.19. The Morgan fingerprint density at radius 3 is 2.37 bits per heavy atom. The molecule has 1 fully saturated rings. The van der Waals surface area contributed by atoms with Gasteiger partial charge in [0.05, 0.1) is 6.54 Å². The lowest BCUT2D eigenvalue weighted by Gasteiger charge is -2.36. The first-order valence-electron chi connectivity index (χ1n) is 11.3. The Morgan fingerprint density at radius 2 is 1.66 bits per heavy atom. The van der Waals surface area contributed by atoms with Crippen LogP contribution in [0.2, 0.25) is 0 Å². The molecule has 2 aromatic carbocycles. The standard InChI is InChI=1S/C25H24N4O6/c1-16(30)18-3-5-19(6-4-18)27-8-10-28(11-9-27)23(31)20-13-26-25(33)29(24(20)32)14-17-2-7-21-22(12-17)35-15-34-21/h2-7,12-13H,8-11,14-15H2,1H3,(H,26,33). The van der Waals surface area contributed by atoms with E-state index in [2.05, 4.69) is 9.88 Å². The summed E-state index contributed by atoms with van der Waals surface area (Å²) < 4.78 is 11.7. The number of H-pyrrole nitrogens is 1. The van der Waals surface area contributed by atoms with Crippen molar-refractivity contribution < 1.29 is 19.1 Å². The minimum absolute atomic E-state index is 0.00401. The van der Waals surface area contributed by atoms with E-state index in [1.54, 1.807) is 35.2 Å². The molecule has 0 radical (unpaired) electrons. The highest BCUT2D eigenvalue weighted by Crippen LogP contribution is 2.32. The Bertz CT molecular complexity index is 1400. The highest BCUT2D eigenvalue weighted by molar-refractivity contribution is 5.94. The van der Waals surface area contributed by atoms with Crippen LogP contribution in [0.5, 0.6) is 11.5 Å². The molecule has 180 valence electrons. The quantitative estimate of drug-likeness (QED) is 0.555. The molecule has 0 unspecified atom stereocenters. The maximum Gasteiger partial charge on any atom is 0.328 e. The van der Waals surface area contributed by atoms with Gasteiger partial charge in [0.2, 0.25) is 6.79 Å². The van der Waals surface area contributed by atoms with Crippen LogP contribution in [0.25, 0.3) is 0 Å². The van der Waals surface area contributed by atoms with E-state index < -0.39 is 17.2 Å². The van der Waals surface area contributed by atoms with E-state index in [4.69, 9.17) is 9.47 Å². The Labute approximate surface area is 200 Å². The number of nitrogens with one attached hydrogen (secondary N) is 1. The van der Waals surface area contributed by atoms with Crippen molar-refractivity contribution in [3.8, 4) is 11.5 Å². The average molecular weight is 476 g/mol. The zero-order chi connectivity index (χ0) is 24.5. The fourth-order valence-corrected chi connectivity index (χ4v) is 4.27. The molecule has 2 aliphatic heterocycles. The molecule has 1 N–H and O–H groups in total. The highest BCUT2D eigenvalue weighted by Gasteiger charge is 2.25. The van der Waals surface area contributed by atoms with E-state index >= 15 is 0 Å². The van der Waals surface area contributed by atoms with Crippen LogP contribution in [-0.2, 0) is 6.54 Å². The number of hydrogen-bond donors (Lipinski definition) is 1. The van der Waals surface area contributed by atoms with Gasteiger partial charge in [0.1, 0.15) is 5.56 Å². The molecular weight excluding hydrogens is 452 g/mol. The topological polar surface area (TPSA) is 114 Å². The normalized spacial score (nSPS) is 14.8. The van der Waals surface area contributed by atoms with Gasteiger partial charge in [-0.25, -0.2) is 4.79 Å². The minimum Gasteiger partial charge on any atom is -0.454 e. The summed E-state index contributed by atoms with van der Waals surface area (Å²) in [6, 6.07) is 12.5. The predicted octanol–water partition coefficient (Wildman–Crippen LogP) is 1.48. The lowest BCUT2D eigenvalue weighted by Crippen LogP contribution is -2.50. The molecule has 0 spiro atoms. The second-order valence-corrected chi connectivity index (χ2v) is 8.47. The van der Waals surface area contributed by atoms with Crippen molar-refractivity contribution in [3.05, 3.63) is 86.2 Å². The number of Topliss-reactive ketones (excluding diaryl/α,β-unsaturated/α-hetero) is 1. The number of hydrogen-bond acceptors (Lipinski definition) is 7. The highest BCUT2D eigenvalue weighted by atomic mass is 16.7. The molecule has 2 aliphatic rings. The van der Waals surface area contributed by atoms with Crippen molar-refractivity contribution in [3.63, 3.8) is 0 Å². The molecule has 0 aliphatic carbocycles. The number of fused-ring (bicyclic) bond motifs is 1. The summed E-state index contributed by atoms with van der Waals surface area (Å²) in [7, 11) is 0. The number of ketones is 1. The van der Waals surface area contributed by atoms with Gasteiger partial charge < -0.3 is 24.3 Å². The molecule has 1 amide bonds. The minimum atomic E-state index is -0.640. The third kappa shape index (κ3) is 4.42. The van der Waals surface area contributed by atoms with E-state index in [-0.39, 0.29) is 24.7 Å². The number of carbonyl (C=O) groups excluding carboxylic acids is 2. The van der Waals surface area contributed by atoms with Gasteiger partial charge in [0.15, 0.2) is 17.3 Å². The maximum absolute atomic E-state index is 13.2. The van der Waals surface area contributed by atoms with Gasteiger partial charge in [-0.1, -0.05) is 6.07 Å². The fraction of sp³-hybridized carbons (Fsp3) is 0.280. The van der Waals surface area contributed by atoms with Gasteiger partial charge >= 0.3 is 5.69 Å². The van der Waals surface area contributed by atoms with Crippen LogP contribution >= 0.6 is 0 Å². The lowest BCUT2D eigenvalue weighted by molar-refractivity contribution is 0.0743. The van der Waals surface area contributed by atoms with Crippen molar-refractivity contribution in [1.82, 2.24) is 14.5 Å². The van der Waals surface area contributed by atoms with Gasteiger partial charge in [0.25, 0.3) is 11.5 Å². The largest absolute Gasteiger partial charge is 0.454 e. The summed E-state index contributed by atoms with van der Waals surface area (Å²) in [5.41, 5.74) is 0.983. The van der Waals surface area contributed by atoms with Crippen LogP contribution in [-0.4, -0.2) is 59.1 Å². The molecule has 10 heteroatoms. The smallest absolute Gasteiger partial charge is 0.328 e. The van der Waals surface area contributed by atoms with E-state index in [9.17, 15) is 19.2 Å². The first-order valence-corrected chi connectivity index (χ1v) is 11.3. The second-order valence-electron chi connectivity index (χ2n) is 8.47. The van der Waals surface area contributed by atoms with Crippen molar-refractivity contribution in [2.24, 2.45) is 0 Å². The number of rotatable bonds is 5. The Morgan fingerprint density at radius 1 is 0.943 bits per heavy atom. The number of aromatic amines is 1. The van der Waals surface area contributed by atoms with Crippen LogP contribution in [0, 0.1) is 0 Å². The predicted molar refractivity (Wildman–Crippen MR) is 128 cm³/mol. The lowest BCUT2D eigenvalue weighted by atomic mass is 10.1. The van der Waals surface area contributed by atoms with E-state index in [1.807, 2.05) is 12.1 Å². The Balaban J connectivity index is 1.30. The number of benzene rings is 2. The van der Waals surface area contributed by atoms with Crippen LogP contribution in [0.15, 0.2) is 58.3 Å². The third-order valence-electron chi connectivity index (χ3n) is 6.27. The van der Waals surface area contributed by atoms with Crippen LogP contribution < -0.4 is 25.6 Å². The SMILES string of the molecule is CC(=O)c1ccc(N2CCN(C(=O)c3c[nH]c(=O)n(Cc4ccc5c(c4)OCO5)c3=O)CC2)cc1. The molecule has 1 aromatic heterocycles. The third-order valence-corrected chi connectivity index (χ3v) is 6.27. The summed E-state index contributed by atoms with van der Waals surface area (Å²) >= 11 is 0. The zero-order valence-corrected chi connectivity index (χ0v) is 19.2. The molecule has 35 heavy (non-hydrogen) atoms. The molecular formula is C25H24N4O6. The van der Waals surface area contributed by atoms with Crippen molar-refractivity contribution in [2.45, 2.75) is 13.5 Å². The first-order chi connectivity index (χ1) is 16.9. The van der Waals surface area contributed by atoms with Crippen LogP contribution in [0.4, 0.5) is 5.69 Å². The Hall–Kier alpha value is -4.34. The number of carbonyl (C=O) groups is 2. The monoisotopic (exact) mass is 476 g/mol.